The summed E-state index contributed by atoms with van der Waals surface area (Å²) in [4.78, 5) is 20.0. The second-order valence-corrected chi connectivity index (χ2v) is 6.03. The molecule has 0 aliphatic carbocycles. The first kappa shape index (κ1) is 16.7. The van der Waals surface area contributed by atoms with E-state index in [-0.39, 0.29) is 11.7 Å². The Morgan fingerprint density at radius 3 is 2.74 bits per heavy atom. The Morgan fingerprint density at radius 2 is 1.96 bits per heavy atom. The number of hydrogen-bond donors (Lipinski definition) is 2. The van der Waals surface area contributed by atoms with Crippen molar-refractivity contribution in [3.05, 3.63) is 77.7 Å². The number of aromatic amines is 1. The minimum atomic E-state index is -0.323. The van der Waals surface area contributed by atoms with Crippen molar-refractivity contribution < 1.29 is 9.18 Å². The largest absolute Gasteiger partial charge is 0.322 e. The third-order valence-electron chi connectivity index (χ3n) is 3.96. The lowest BCUT2D eigenvalue weighted by atomic mass is 10.2. The van der Waals surface area contributed by atoms with Crippen LogP contribution in [0.2, 0.25) is 0 Å². The number of H-pyrrole nitrogens is 1. The molecular weight excluding hydrogens is 345 g/mol. The van der Waals surface area contributed by atoms with Crippen molar-refractivity contribution in [3.8, 4) is 5.95 Å². The summed E-state index contributed by atoms with van der Waals surface area (Å²) in [5, 5.41) is 7.20. The number of carbonyl (C=O) groups is 1. The van der Waals surface area contributed by atoms with Gasteiger partial charge in [0, 0.05) is 12.1 Å². The first-order valence-corrected chi connectivity index (χ1v) is 8.35. The molecule has 0 saturated heterocycles. The molecule has 4 rings (SSSR count). The van der Waals surface area contributed by atoms with Crippen molar-refractivity contribution in [2.75, 3.05) is 5.32 Å². The van der Waals surface area contributed by atoms with Crippen molar-refractivity contribution in [1.29, 1.82) is 0 Å². The molecule has 4 aromatic rings. The molecule has 134 valence electrons. The van der Waals surface area contributed by atoms with Crippen LogP contribution >= 0.6 is 0 Å². The lowest BCUT2D eigenvalue weighted by molar-refractivity contribution is -0.111. The average molecular weight is 361 g/mol. The van der Waals surface area contributed by atoms with E-state index in [0.717, 1.165) is 22.3 Å². The Morgan fingerprint density at radius 1 is 1.19 bits per heavy atom. The maximum Gasteiger partial charge on any atom is 0.249 e. The summed E-state index contributed by atoms with van der Waals surface area (Å²) in [6.45, 7) is 1.84. The van der Waals surface area contributed by atoms with Gasteiger partial charge in [0.05, 0.1) is 16.7 Å². The Balaban J connectivity index is 1.57. The SMILES string of the molecule is Cc1cc(NC(=O)C=Cc2ccc(F)cc2)n(-c2nc3ccccc3[nH]2)n1. The topological polar surface area (TPSA) is 75.6 Å². The van der Waals surface area contributed by atoms with Gasteiger partial charge >= 0.3 is 0 Å². The number of halogens is 1. The monoisotopic (exact) mass is 361 g/mol. The zero-order valence-electron chi connectivity index (χ0n) is 14.5. The van der Waals surface area contributed by atoms with Crippen LogP contribution in [0.1, 0.15) is 11.3 Å². The predicted molar refractivity (Wildman–Crippen MR) is 102 cm³/mol. The van der Waals surface area contributed by atoms with E-state index in [1.54, 1.807) is 29.0 Å². The van der Waals surface area contributed by atoms with Gasteiger partial charge in [-0.2, -0.15) is 9.78 Å². The van der Waals surface area contributed by atoms with E-state index in [1.165, 1.54) is 18.2 Å². The fourth-order valence-electron chi connectivity index (χ4n) is 2.70. The highest BCUT2D eigenvalue weighted by Gasteiger charge is 2.13. The number of carbonyl (C=O) groups excluding carboxylic acids is 1. The lowest BCUT2D eigenvalue weighted by Crippen LogP contribution is -2.13. The number of nitrogens with one attached hydrogen (secondary N) is 2. The highest BCUT2D eigenvalue weighted by atomic mass is 19.1. The zero-order valence-corrected chi connectivity index (χ0v) is 14.5. The molecule has 0 bridgehead atoms. The van der Waals surface area contributed by atoms with E-state index in [0.29, 0.717) is 11.8 Å². The fraction of sp³-hybridized carbons (Fsp3) is 0.0500. The highest BCUT2D eigenvalue weighted by molar-refractivity contribution is 6.01. The molecule has 0 saturated carbocycles. The minimum Gasteiger partial charge on any atom is -0.322 e. The Labute approximate surface area is 154 Å². The molecule has 0 radical (unpaired) electrons. The molecule has 0 unspecified atom stereocenters. The number of fused-ring (bicyclic) bond motifs is 1. The van der Waals surface area contributed by atoms with E-state index in [1.807, 2.05) is 31.2 Å². The summed E-state index contributed by atoms with van der Waals surface area (Å²) < 4.78 is 14.5. The molecule has 0 atom stereocenters. The smallest absolute Gasteiger partial charge is 0.249 e. The fourth-order valence-corrected chi connectivity index (χ4v) is 2.70. The number of imidazole rings is 1. The second kappa shape index (κ2) is 6.87. The standard InChI is InChI=1S/C20H16FN5O/c1-13-12-18(24-19(27)11-8-14-6-9-15(21)10-7-14)26(25-13)20-22-16-4-2-3-5-17(16)23-20/h2-12H,1H3,(H,22,23)(H,24,27). The number of aryl methyl sites for hydroxylation is 1. The molecule has 7 heteroatoms. The van der Waals surface area contributed by atoms with Crippen LogP contribution in [0.4, 0.5) is 10.2 Å². The van der Waals surface area contributed by atoms with Crippen LogP contribution in [-0.4, -0.2) is 25.7 Å². The van der Waals surface area contributed by atoms with Crippen LogP contribution in [0.25, 0.3) is 23.1 Å². The summed E-state index contributed by atoms with van der Waals surface area (Å²) in [7, 11) is 0. The lowest BCUT2D eigenvalue weighted by Gasteiger charge is -2.04. The first-order chi connectivity index (χ1) is 13.1. The number of amides is 1. The number of benzene rings is 2. The number of hydrogen-bond acceptors (Lipinski definition) is 3. The van der Waals surface area contributed by atoms with E-state index in [2.05, 4.69) is 20.4 Å². The Hall–Kier alpha value is -3.74. The van der Waals surface area contributed by atoms with Gasteiger partial charge in [0.25, 0.3) is 0 Å². The average Bonchev–Trinajstić information content (AvgIpc) is 3.24. The third-order valence-corrected chi connectivity index (χ3v) is 3.96. The van der Waals surface area contributed by atoms with Gasteiger partial charge in [-0.05, 0) is 42.8 Å². The van der Waals surface area contributed by atoms with Gasteiger partial charge in [-0.15, -0.1) is 0 Å². The molecule has 0 aliphatic heterocycles. The summed E-state index contributed by atoms with van der Waals surface area (Å²) in [6, 6.07) is 15.3. The van der Waals surface area contributed by atoms with Crippen LogP contribution in [0.15, 0.2) is 60.7 Å². The summed E-state index contributed by atoms with van der Waals surface area (Å²) in [5.41, 5.74) is 3.17. The number of nitrogens with zero attached hydrogens (tertiary/aromatic N) is 3. The van der Waals surface area contributed by atoms with Crippen molar-refractivity contribution in [2.45, 2.75) is 6.92 Å². The zero-order chi connectivity index (χ0) is 18.8. The first-order valence-electron chi connectivity index (χ1n) is 8.35. The maximum absolute atomic E-state index is 12.9. The molecule has 2 aromatic heterocycles. The molecule has 2 N–H and O–H groups in total. The Kier molecular flexibility index (Phi) is 4.25. The van der Waals surface area contributed by atoms with Crippen LogP contribution in [0.5, 0.6) is 0 Å². The van der Waals surface area contributed by atoms with Crippen molar-refractivity contribution in [3.63, 3.8) is 0 Å². The van der Waals surface area contributed by atoms with E-state index >= 15 is 0 Å². The van der Waals surface area contributed by atoms with Crippen LogP contribution in [-0.2, 0) is 4.79 Å². The molecule has 6 nitrogen and oxygen atoms in total. The second-order valence-electron chi connectivity index (χ2n) is 6.03. The number of rotatable bonds is 4. The molecule has 0 fully saturated rings. The minimum absolute atomic E-state index is 0.318. The summed E-state index contributed by atoms with van der Waals surface area (Å²) in [5.74, 6) is 0.376. The Bertz CT molecular complexity index is 1110. The molecule has 2 aromatic carbocycles. The summed E-state index contributed by atoms with van der Waals surface area (Å²) in [6.07, 6.45) is 3.00. The van der Waals surface area contributed by atoms with Crippen LogP contribution in [0.3, 0.4) is 0 Å². The van der Waals surface area contributed by atoms with E-state index in [9.17, 15) is 9.18 Å². The number of para-hydroxylation sites is 2. The number of anilines is 1. The molecule has 27 heavy (non-hydrogen) atoms. The van der Waals surface area contributed by atoms with Gasteiger partial charge in [0.15, 0.2) is 0 Å². The van der Waals surface area contributed by atoms with Crippen molar-refractivity contribution >= 4 is 28.8 Å². The van der Waals surface area contributed by atoms with Gasteiger partial charge in [0.2, 0.25) is 11.9 Å². The van der Waals surface area contributed by atoms with Gasteiger partial charge in [-0.3, -0.25) is 4.79 Å². The quantitative estimate of drug-likeness (QED) is 0.542. The number of aromatic nitrogens is 4. The molecule has 2 heterocycles. The van der Waals surface area contributed by atoms with Crippen molar-refractivity contribution in [1.82, 2.24) is 19.7 Å². The van der Waals surface area contributed by atoms with Crippen molar-refractivity contribution in [2.24, 2.45) is 0 Å². The third kappa shape index (κ3) is 3.62. The van der Waals surface area contributed by atoms with Crippen LogP contribution < -0.4 is 5.32 Å². The molecular formula is C20H16FN5O. The van der Waals surface area contributed by atoms with Gasteiger partial charge < -0.3 is 10.3 Å². The van der Waals surface area contributed by atoms with Gasteiger partial charge in [-0.25, -0.2) is 9.37 Å². The normalized spacial score (nSPS) is 11.3. The summed E-state index contributed by atoms with van der Waals surface area (Å²) >= 11 is 0. The van der Waals surface area contributed by atoms with Gasteiger partial charge in [0.1, 0.15) is 11.6 Å². The highest BCUT2D eigenvalue weighted by Crippen LogP contribution is 2.18. The predicted octanol–water partition coefficient (Wildman–Crippen LogP) is 3.85. The molecule has 1 amide bonds. The van der Waals surface area contributed by atoms with Gasteiger partial charge in [-0.1, -0.05) is 24.3 Å². The van der Waals surface area contributed by atoms with Crippen LogP contribution in [0, 0.1) is 12.7 Å². The van der Waals surface area contributed by atoms with E-state index < -0.39 is 0 Å². The molecule has 0 spiro atoms. The van der Waals surface area contributed by atoms with E-state index in [4.69, 9.17) is 0 Å². The maximum atomic E-state index is 12.9. The molecule has 0 aliphatic rings.